The lowest BCUT2D eigenvalue weighted by molar-refractivity contribution is -0.144. The number of aromatic nitrogens is 1. The molecule has 1 aliphatic rings. The lowest BCUT2D eigenvalue weighted by Gasteiger charge is -2.27. The Balaban J connectivity index is 2.51. The van der Waals surface area contributed by atoms with Gasteiger partial charge in [0.25, 0.3) is 0 Å². The summed E-state index contributed by atoms with van der Waals surface area (Å²) < 4.78 is 4.91. The molecule has 3 N–H and O–H groups in total. The van der Waals surface area contributed by atoms with Gasteiger partial charge in [0.15, 0.2) is 0 Å². The summed E-state index contributed by atoms with van der Waals surface area (Å²) >= 11 is 0. The second-order valence-corrected chi connectivity index (χ2v) is 3.29. The predicted molar refractivity (Wildman–Crippen MR) is 42.9 cm³/mol. The summed E-state index contributed by atoms with van der Waals surface area (Å²) in [5.74, 6) is -0.409. The second kappa shape index (κ2) is 2.56. The number of nitrogens with two attached hydrogens (primary N) is 1. The second-order valence-electron chi connectivity index (χ2n) is 3.29. The van der Waals surface area contributed by atoms with E-state index < -0.39 is 11.5 Å². The summed E-state index contributed by atoms with van der Waals surface area (Å²) in [6.45, 7) is 0. The summed E-state index contributed by atoms with van der Waals surface area (Å²) in [6.07, 6.45) is 3.30. The fourth-order valence-corrected chi connectivity index (χ4v) is 1.69. The molecule has 1 atom stereocenters. The van der Waals surface area contributed by atoms with E-state index in [1.165, 1.54) is 6.20 Å². The molecule has 1 aromatic heterocycles. The molecule has 0 aromatic carbocycles. The van der Waals surface area contributed by atoms with Crippen LogP contribution in [0, 0.1) is 0 Å². The van der Waals surface area contributed by atoms with Crippen molar-refractivity contribution in [1.82, 2.24) is 5.16 Å². The number of aryl methyl sites for hydroxylation is 1. The third-order valence-corrected chi connectivity index (χ3v) is 2.48. The Morgan fingerprint density at radius 3 is 3.23 bits per heavy atom. The van der Waals surface area contributed by atoms with Crippen LogP contribution in [-0.2, 0) is 16.8 Å². The van der Waals surface area contributed by atoms with Gasteiger partial charge in [-0.2, -0.15) is 0 Å². The third-order valence-electron chi connectivity index (χ3n) is 2.48. The fraction of sp³-hybridized carbons (Fsp3) is 0.500. The molecule has 13 heavy (non-hydrogen) atoms. The maximum Gasteiger partial charge on any atom is 0.328 e. The normalized spacial score (nSPS) is 26.8. The first-order valence-electron chi connectivity index (χ1n) is 4.11. The molecule has 2 rings (SSSR count). The Labute approximate surface area is 74.5 Å². The lowest BCUT2D eigenvalue weighted by Crippen LogP contribution is -2.46. The number of fused-ring (bicyclic) bond motifs is 1. The van der Waals surface area contributed by atoms with Crippen LogP contribution < -0.4 is 5.73 Å². The van der Waals surface area contributed by atoms with E-state index in [1.54, 1.807) is 0 Å². The highest BCUT2D eigenvalue weighted by Gasteiger charge is 2.42. The molecule has 0 fully saturated rings. The van der Waals surface area contributed by atoms with Gasteiger partial charge < -0.3 is 15.4 Å². The van der Waals surface area contributed by atoms with Crippen LogP contribution in [0.2, 0.25) is 0 Å². The van der Waals surface area contributed by atoms with E-state index in [0.717, 1.165) is 12.8 Å². The van der Waals surface area contributed by atoms with Crippen molar-refractivity contribution in [2.75, 3.05) is 0 Å². The monoisotopic (exact) mass is 182 g/mol. The first-order chi connectivity index (χ1) is 6.14. The number of carbonyl (C=O) groups is 1. The van der Waals surface area contributed by atoms with E-state index in [4.69, 9.17) is 15.4 Å². The van der Waals surface area contributed by atoms with Crippen molar-refractivity contribution < 1.29 is 14.4 Å². The number of rotatable bonds is 1. The van der Waals surface area contributed by atoms with Crippen molar-refractivity contribution in [3.8, 4) is 0 Å². The zero-order valence-electron chi connectivity index (χ0n) is 6.99. The zero-order chi connectivity index (χ0) is 9.47. The van der Waals surface area contributed by atoms with Gasteiger partial charge in [-0.25, -0.2) is 4.79 Å². The molecule has 0 bridgehead atoms. The molecule has 0 spiro atoms. The highest BCUT2D eigenvalue weighted by molar-refractivity contribution is 5.81. The van der Waals surface area contributed by atoms with Gasteiger partial charge in [-0.15, -0.1) is 0 Å². The van der Waals surface area contributed by atoms with Gasteiger partial charge in [0.2, 0.25) is 0 Å². The standard InChI is InChI=1S/C8H10N2O3/c9-8(7(11)12)3-1-2-6-5(8)4-10-13-6/h4H,1-3,9H2,(H,11,12). The van der Waals surface area contributed by atoms with Crippen LogP contribution >= 0.6 is 0 Å². The molecule has 1 unspecified atom stereocenters. The average Bonchev–Trinajstić information content (AvgIpc) is 2.53. The molecule has 5 heteroatoms. The minimum atomic E-state index is -1.30. The summed E-state index contributed by atoms with van der Waals surface area (Å²) in [5, 5.41) is 12.5. The van der Waals surface area contributed by atoms with Crippen molar-refractivity contribution in [3.05, 3.63) is 17.5 Å². The highest BCUT2D eigenvalue weighted by atomic mass is 16.5. The van der Waals surface area contributed by atoms with E-state index in [0.29, 0.717) is 17.7 Å². The number of carboxylic acid groups (broad SMARTS) is 1. The van der Waals surface area contributed by atoms with Crippen LogP contribution in [0.3, 0.4) is 0 Å². The number of hydrogen-bond acceptors (Lipinski definition) is 4. The maximum absolute atomic E-state index is 10.9. The molecule has 0 aliphatic heterocycles. The quantitative estimate of drug-likeness (QED) is 0.649. The molecular weight excluding hydrogens is 172 g/mol. The minimum absolute atomic E-state index is 0.441. The van der Waals surface area contributed by atoms with Crippen LogP contribution in [0.1, 0.15) is 24.2 Å². The molecule has 5 nitrogen and oxygen atoms in total. The summed E-state index contributed by atoms with van der Waals surface area (Å²) in [4.78, 5) is 10.9. The van der Waals surface area contributed by atoms with E-state index in [2.05, 4.69) is 5.16 Å². The molecule has 0 amide bonds. The highest BCUT2D eigenvalue weighted by Crippen LogP contribution is 2.33. The van der Waals surface area contributed by atoms with E-state index >= 15 is 0 Å². The summed E-state index contributed by atoms with van der Waals surface area (Å²) in [6, 6.07) is 0. The average molecular weight is 182 g/mol. The smallest absolute Gasteiger partial charge is 0.328 e. The first kappa shape index (κ1) is 8.25. The number of carboxylic acids is 1. The Kier molecular flexibility index (Phi) is 1.63. The SMILES string of the molecule is NC1(C(=O)O)CCCc2oncc21. The molecule has 1 aliphatic carbocycles. The largest absolute Gasteiger partial charge is 0.480 e. The predicted octanol–water partition coefficient (Wildman–Crippen LogP) is 0.249. The number of nitrogens with zero attached hydrogens (tertiary/aromatic N) is 1. The van der Waals surface area contributed by atoms with Crippen molar-refractivity contribution in [1.29, 1.82) is 0 Å². The van der Waals surface area contributed by atoms with Crippen LogP contribution in [-0.4, -0.2) is 16.2 Å². The zero-order valence-corrected chi connectivity index (χ0v) is 6.99. The van der Waals surface area contributed by atoms with Crippen molar-refractivity contribution >= 4 is 5.97 Å². The fourth-order valence-electron chi connectivity index (χ4n) is 1.69. The van der Waals surface area contributed by atoms with Crippen LogP contribution in [0.15, 0.2) is 10.7 Å². The van der Waals surface area contributed by atoms with Gasteiger partial charge in [0.05, 0.1) is 6.20 Å². The topological polar surface area (TPSA) is 89.4 Å². The van der Waals surface area contributed by atoms with E-state index in [9.17, 15) is 4.79 Å². The molecule has 1 aromatic rings. The van der Waals surface area contributed by atoms with Crippen LogP contribution in [0.25, 0.3) is 0 Å². The van der Waals surface area contributed by atoms with E-state index in [-0.39, 0.29) is 0 Å². The Bertz CT molecular complexity index is 347. The Morgan fingerprint density at radius 2 is 2.54 bits per heavy atom. The lowest BCUT2D eigenvalue weighted by atomic mass is 9.81. The Hall–Kier alpha value is -1.36. The first-order valence-corrected chi connectivity index (χ1v) is 4.11. The maximum atomic E-state index is 10.9. The molecule has 1 heterocycles. The number of aliphatic carboxylic acids is 1. The van der Waals surface area contributed by atoms with E-state index in [1.807, 2.05) is 0 Å². The third kappa shape index (κ3) is 1.04. The van der Waals surface area contributed by atoms with Crippen molar-refractivity contribution in [3.63, 3.8) is 0 Å². The molecular formula is C8H10N2O3. The van der Waals surface area contributed by atoms with Crippen LogP contribution in [0.5, 0.6) is 0 Å². The van der Waals surface area contributed by atoms with Crippen LogP contribution in [0.4, 0.5) is 0 Å². The number of hydrogen-bond donors (Lipinski definition) is 2. The molecule has 0 radical (unpaired) electrons. The minimum Gasteiger partial charge on any atom is -0.480 e. The Morgan fingerprint density at radius 1 is 1.77 bits per heavy atom. The van der Waals surface area contributed by atoms with Crippen molar-refractivity contribution in [2.24, 2.45) is 5.73 Å². The van der Waals surface area contributed by atoms with Gasteiger partial charge in [0, 0.05) is 12.0 Å². The van der Waals surface area contributed by atoms with Gasteiger partial charge >= 0.3 is 5.97 Å². The van der Waals surface area contributed by atoms with Gasteiger partial charge in [-0.1, -0.05) is 5.16 Å². The van der Waals surface area contributed by atoms with Gasteiger partial charge in [-0.05, 0) is 12.8 Å². The molecule has 0 saturated heterocycles. The molecule has 70 valence electrons. The molecule has 0 saturated carbocycles. The van der Waals surface area contributed by atoms with Gasteiger partial charge in [-0.3, -0.25) is 0 Å². The van der Waals surface area contributed by atoms with Crippen molar-refractivity contribution in [2.45, 2.75) is 24.8 Å². The summed E-state index contributed by atoms with van der Waals surface area (Å²) in [5.41, 5.74) is 4.98. The van der Waals surface area contributed by atoms with Gasteiger partial charge in [0.1, 0.15) is 11.3 Å². The summed E-state index contributed by atoms with van der Waals surface area (Å²) in [7, 11) is 0.